The van der Waals surface area contributed by atoms with Gasteiger partial charge in [-0.2, -0.15) is 0 Å². The van der Waals surface area contributed by atoms with E-state index in [0.29, 0.717) is 24.0 Å². The van der Waals surface area contributed by atoms with Crippen LogP contribution in [-0.4, -0.2) is 74.8 Å². The van der Waals surface area contributed by atoms with Gasteiger partial charge < -0.3 is 9.11 Å². The second kappa shape index (κ2) is 65.3. The second-order valence-corrected chi connectivity index (χ2v) is 28.8. The molecule has 2 aromatic rings. The van der Waals surface area contributed by atoms with Crippen LogP contribution >= 0.6 is 0 Å². The Morgan fingerprint density at radius 2 is 0.353 bits per heavy atom. The molecule has 0 aliphatic heterocycles. The molecule has 0 N–H and O–H groups in total. The van der Waals surface area contributed by atoms with Crippen LogP contribution in [0.25, 0.3) is 0 Å². The quantitative estimate of drug-likeness (QED) is 0.0370. The van der Waals surface area contributed by atoms with E-state index < -0.39 is 20.2 Å². The van der Waals surface area contributed by atoms with E-state index in [4.69, 9.17) is 0 Å². The van der Waals surface area contributed by atoms with E-state index >= 15 is 0 Å². The summed E-state index contributed by atoms with van der Waals surface area (Å²) in [5, 5.41) is 0. The maximum atomic E-state index is 11.4. The molecule has 0 aliphatic rings. The molecule has 492 valence electrons. The zero-order valence-electron chi connectivity index (χ0n) is 56.4. The minimum atomic E-state index is -4.37. The van der Waals surface area contributed by atoms with Crippen LogP contribution in [0.1, 0.15) is 410 Å². The van der Waals surface area contributed by atoms with Crippen LogP contribution < -0.4 is 0 Å². The molecular formula is C76H138BaO6S2. The van der Waals surface area contributed by atoms with Crippen LogP contribution in [0.15, 0.2) is 58.3 Å². The molecule has 0 atom stereocenters. The molecule has 0 saturated heterocycles. The Morgan fingerprint density at radius 1 is 0.224 bits per heavy atom. The summed E-state index contributed by atoms with van der Waals surface area (Å²) in [5.41, 5.74) is 1.35. The van der Waals surface area contributed by atoms with Crippen LogP contribution in [0.4, 0.5) is 0 Å². The minimum Gasteiger partial charge on any atom is -0.744 e. The van der Waals surface area contributed by atoms with Crippen molar-refractivity contribution in [2.24, 2.45) is 0 Å². The Labute approximate surface area is 571 Å². The Bertz CT molecular complexity index is 1750. The van der Waals surface area contributed by atoms with Gasteiger partial charge in [0.1, 0.15) is 20.2 Å². The Balaban J connectivity index is 0.00000164. The smallest absolute Gasteiger partial charge is 0.744 e. The molecule has 9 heteroatoms. The molecule has 0 unspecified atom stereocenters. The maximum absolute atomic E-state index is 11.4. The molecule has 0 heterocycles. The van der Waals surface area contributed by atoms with E-state index in [-0.39, 0.29) is 58.7 Å². The third kappa shape index (κ3) is 58.7. The van der Waals surface area contributed by atoms with Crippen molar-refractivity contribution in [1.82, 2.24) is 0 Å². The van der Waals surface area contributed by atoms with Gasteiger partial charge in [-0.3, -0.25) is 0 Å². The van der Waals surface area contributed by atoms with Crippen molar-refractivity contribution >= 4 is 69.1 Å². The molecule has 0 spiro atoms. The third-order valence-corrected chi connectivity index (χ3v) is 20.0. The first kappa shape index (κ1) is 84.8. The number of hydrogen-bond donors (Lipinski definition) is 0. The first-order valence-corrected chi connectivity index (χ1v) is 40.0. The summed E-state index contributed by atoms with van der Waals surface area (Å²) in [6.07, 6.45) is 84.9. The standard InChI is InChI=1S/2C38H70O3S.Ba/c2*1-2-3-4-5-6-7-8-9-10-11-12-13-14-15-16-17-18-19-20-21-22-23-24-25-26-27-28-29-30-31-34-37-35-32-33-36-38(37)42(39,40)41;/h2*32-33,35-36H,2-31,34H2,1H3,(H,39,40,41);/q;;+2/p-2. The van der Waals surface area contributed by atoms with E-state index in [1.165, 1.54) is 372 Å². The fourth-order valence-electron chi connectivity index (χ4n) is 12.6. The molecular weight excluding hydrogens is 1210 g/mol. The normalized spacial score (nSPS) is 11.7. The number of rotatable bonds is 64. The van der Waals surface area contributed by atoms with E-state index in [0.717, 1.165) is 25.7 Å². The zero-order chi connectivity index (χ0) is 60.8. The zero-order valence-corrected chi connectivity index (χ0v) is 62.5. The molecule has 0 fully saturated rings. The first-order valence-electron chi connectivity index (χ1n) is 37.2. The Kier molecular flexibility index (Phi) is 65.2. The maximum Gasteiger partial charge on any atom is 2.00 e. The van der Waals surface area contributed by atoms with Crippen molar-refractivity contribution in [3.8, 4) is 0 Å². The Hall–Kier alpha value is -0.169. The molecule has 85 heavy (non-hydrogen) atoms. The predicted octanol–water partition coefficient (Wildman–Crippen LogP) is 25.3. The van der Waals surface area contributed by atoms with E-state index in [1.54, 1.807) is 24.3 Å². The van der Waals surface area contributed by atoms with Gasteiger partial charge in [0.15, 0.2) is 0 Å². The summed E-state index contributed by atoms with van der Waals surface area (Å²) in [6, 6.07) is 13.3. The summed E-state index contributed by atoms with van der Waals surface area (Å²) in [5.74, 6) is 0. The monoisotopic (exact) mass is 1350 g/mol. The van der Waals surface area contributed by atoms with E-state index in [2.05, 4.69) is 13.8 Å². The van der Waals surface area contributed by atoms with Gasteiger partial charge in [0.2, 0.25) is 0 Å². The molecule has 0 saturated carbocycles. The average Bonchev–Trinajstić information content (AvgIpc) is 3.69. The van der Waals surface area contributed by atoms with Crippen LogP contribution in [0.5, 0.6) is 0 Å². The van der Waals surface area contributed by atoms with Gasteiger partial charge >= 0.3 is 48.9 Å². The minimum absolute atomic E-state index is 0. The van der Waals surface area contributed by atoms with Gasteiger partial charge in [-0.15, -0.1) is 0 Å². The molecule has 6 nitrogen and oxygen atoms in total. The molecule has 2 rings (SSSR count). The van der Waals surface area contributed by atoms with Gasteiger partial charge in [0, 0.05) is 0 Å². The number of unbranched alkanes of at least 4 members (excludes halogenated alkanes) is 58. The van der Waals surface area contributed by atoms with Crippen molar-refractivity contribution < 1.29 is 25.9 Å². The van der Waals surface area contributed by atoms with Gasteiger partial charge in [-0.05, 0) is 48.9 Å². The summed E-state index contributed by atoms with van der Waals surface area (Å²) < 4.78 is 68.2. The fourth-order valence-corrected chi connectivity index (χ4v) is 14.1. The van der Waals surface area contributed by atoms with E-state index in [9.17, 15) is 25.9 Å². The van der Waals surface area contributed by atoms with Crippen LogP contribution in [0.2, 0.25) is 0 Å². The number of benzene rings is 2. The van der Waals surface area contributed by atoms with Crippen molar-refractivity contribution in [3.05, 3.63) is 59.7 Å². The van der Waals surface area contributed by atoms with Gasteiger partial charge in [0.25, 0.3) is 0 Å². The van der Waals surface area contributed by atoms with Gasteiger partial charge in [-0.25, -0.2) is 16.8 Å². The molecule has 0 amide bonds. The van der Waals surface area contributed by atoms with Crippen molar-refractivity contribution in [3.63, 3.8) is 0 Å². The third-order valence-electron chi connectivity index (χ3n) is 18.1. The summed E-state index contributed by atoms with van der Waals surface area (Å²) in [6.45, 7) is 4.59. The summed E-state index contributed by atoms with van der Waals surface area (Å²) in [7, 11) is -8.73. The summed E-state index contributed by atoms with van der Waals surface area (Å²) >= 11 is 0. The van der Waals surface area contributed by atoms with Crippen LogP contribution in [-0.2, 0) is 33.1 Å². The topological polar surface area (TPSA) is 114 Å². The van der Waals surface area contributed by atoms with Crippen molar-refractivity contribution in [2.45, 2.75) is 422 Å². The average molecular weight is 1350 g/mol. The first-order chi connectivity index (χ1) is 41.1. The molecule has 0 radical (unpaired) electrons. The number of hydrogen-bond acceptors (Lipinski definition) is 6. The van der Waals surface area contributed by atoms with Crippen LogP contribution in [0.3, 0.4) is 0 Å². The van der Waals surface area contributed by atoms with Crippen LogP contribution in [0, 0.1) is 0 Å². The Morgan fingerprint density at radius 3 is 0.494 bits per heavy atom. The van der Waals surface area contributed by atoms with E-state index in [1.807, 2.05) is 12.1 Å². The predicted molar refractivity (Wildman–Crippen MR) is 370 cm³/mol. The molecule has 2 aromatic carbocycles. The van der Waals surface area contributed by atoms with Crippen molar-refractivity contribution in [2.75, 3.05) is 0 Å². The second-order valence-electron chi connectivity index (χ2n) is 26.1. The number of aryl methyl sites for hydroxylation is 2. The summed E-state index contributed by atoms with van der Waals surface area (Å²) in [4.78, 5) is -0.0826. The largest absolute Gasteiger partial charge is 2.00 e. The molecule has 0 aromatic heterocycles. The van der Waals surface area contributed by atoms with Gasteiger partial charge in [0.05, 0.1) is 9.79 Å². The molecule has 0 bridgehead atoms. The SMILES string of the molecule is CCCCCCCCCCCCCCCCCCCCCCCCCCCCCCCCc1ccccc1S(=O)(=O)[O-].CCCCCCCCCCCCCCCCCCCCCCCCCCCCCCCCc1ccccc1S(=O)(=O)[O-].[Ba+2]. The van der Waals surface area contributed by atoms with Crippen molar-refractivity contribution in [1.29, 1.82) is 0 Å². The fraction of sp³-hybridized carbons (Fsp3) is 0.842. The molecule has 0 aliphatic carbocycles. The van der Waals surface area contributed by atoms with Gasteiger partial charge in [-0.1, -0.05) is 423 Å².